The van der Waals surface area contributed by atoms with Crippen LogP contribution in [-0.2, 0) is 11.8 Å². The maximum Gasteiger partial charge on any atom is 0.231 e. The lowest BCUT2D eigenvalue weighted by atomic mass is 9.90. The smallest absolute Gasteiger partial charge is 0.231 e. The van der Waals surface area contributed by atoms with E-state index in [9.17, 15) is 4.39 Å². The van der Waals surface area contributed by atoms with Gasteiger partial charge in [0.2, 0.25) is 6.79 Å². The number of fused-ring (bicyclic) bond motifs is 1. The molecule has 2 N–H and O–H groups in total. The molecule has 0 unspecified atom stereocenters. The third-order valence-electron chi connectivity index (χ3n) is 3.96. The molecule has 27 heavy (non-hydrogen) atoms. The zero-order valence-electron chi connectivity index (χ0n) is 15.7. The number of hydrogen-bond acceptors (Lipinski definition) is 5. The number of anilines is 1. The molecule has 2 aromatic carbocycles. The minimum absolute atomic E-state index is 0.000206. The van der Waals surface area contributed by atoms with E-state index >= 15 is 0 Å². The molecule has 0 amide bonds. The molecule has 1 aliphatic rings. The second kappa shape index (κ2) is 7.96. The molecule has 2 heterocycles. The molecule has 0 radical (unpaired) electrons. The van der Waals surface area contributed by atoms with Crippen molar-refractivity contribution in [2.24, 2.45) is 0 Å². The Morgan fingerprint density at radius 1 is 1.07 bits per heavy atom. The van der Waals surface area contributed by atoms with Crippen molar-refractivity contribution in [2.75, 3.05) is 12.5 Å². The fourth-order valence-electron chi connectivity index (χ4n) is 2.73. The monoisotopic (exact) mass is 386 g/mol. The Morgan fingerprint density at radius 2 is 1.78 bits per heavy atom. The van der Waals surface area contributed by atoms with Crippen LogP contribution in [0, 0.1) is 5.82 Å². The molecule has 0 saturated heterocycles. The summed E-state index contributed by atoms with van der Waals surface area (Å²) in [7, 11) is 0. The lowest BCUT2D eigenvalue weighted by Gasteiger charge is -2.17. The summed E-state index contributed by atoms with van der Waals surface area (Å²) in [6, 6.07) is 14.0. The van der Waals surface area contributed by atoms with Crippen molar-refractivity contribution in [1.82, 2.24) is 4.98 Å². The minimum atomic E-state index is -0.178. The Morgan fingerprint density at radius 3 is 2.41 bits per heavy atom. The highest BCUT2D eigenvalue weighted by molar-refractivity contribution is 7.15. The van der Waals surface area contributed by atoms with Gasteiger partial charge in [-0.3, -0.25) is 0 Å². The van der Waals surface area contributed by atoms with Crippen molar-refractivity contribution in [3.05, 3.63) is 70.5 Å². The fourth-order valence-corrected chi connectivity index (χ4v) is 3.80. The summed E-state index contributed by atoms with van der Waals surface area (Å²) in [6.07, 6.45) is 0.818. The van der Waals surface area contributed by atoms with E-state index in [0.29, 0.717) is 11.9 Å². The number of nitrogens with zero attached hydrogens (tertiary/aromatic N) is 1. The quantitative estimate of drug-likeness (QED) is 0.660. The molecule has 0 bridgehead atoms. The van der Waals surface area contributed by atoms with Crippen LogP contribution in [0.4, 0.5) is 9.52 Å². The number of rotatable bonds is 2. The van der Waals surface area contributed by atoms with Crippen molar-refractivity contribution in [1.29, 1.82) is 0 Å². The highest BCUT2D eigenvalue weighted by Gasteiger charge is 2.23. The van der Waals surface area contributed by atoms with Gasteiger partial charge in [-0.05, 0) is 29.8 Å². The van der Waals surface area contributed by atoms with E-state index in [1.807, 2.05) is 12.1 Å². The van der Waals surface area contributed by atoms with Crippen molar-refractivity contribution in [3.63, 3.8) is 0 Å². The van der Waals surface area contributed by atoms with Gasteiger partial charge in [-0.1, -0.05) is 45.0 Å². The fraction of sp³-hybridized carbons (Fsp3) is 0.286. The van der Waals surface area contributed by atoms with Crippen LogP contribution in [-0.4, -0.2) is 11.8 Å². The predicted octanol–water partition coefficient (Wildman–Crippen LogP) is 5.17. The number of nitrogen functional groups attached to an aromatic ring is 1. The van der Waals surface area contributed by atoms with Crippen LogP contribution in [0.3, 0.4) is 0 Å². The second-order valence-electron chi connectivity index (χ2n) is 7.23. The Kier molecular flexibility index (Phi) is 5.65. The number of nitrogens with two attached hydrogens (primary N) is 1. The van der Waals surface area contributed by atoms with Gasteiger partial charge in [0.1, 0.15) is 5.82 Å². The van der Waals surface area contributed by atoms with E-state index in [0.717, 1.165) is 23.6 Å². The molecule has 0 aliphatic carbocycles. The van der Waals surface area contributed by atoms with Crippen LogP contribution in [0.2, 0.25) is 0 Å². The summed E-state index contributed by atoms with van der Waals surface area (Å²) in [4.78, 5) is 5.71. The van der Waals surface area contributed by atoms with Crippen LogP contribution in [0.25, 0.3) is 0 Å². The minimum Gasteiger partial charge on any atom is -0.454 e. The first-order chi connectivity index (χ1) is 12.8. The average Bonchev–Trinajstić information content (AvgIpc) is 3.22. The maximum atomic E-state index is 11.9. The Hall–Kier alpha value is -2.60. The number of halogens is 1. The summed E-state index contributed by atoms with van der Waals surface area (Å²) in [6.45, 7) is 6.78. The van der Waals surface area contributed by atoms with Crippen molar-refractivity contribution >= 4 is 16.5 Å². The summed E-state index contributed by atoms with van der Waals surface area (Å²) in [5.41, 5.74) is 8.15. The standard InChI is InChI=1S/C15H18N2O2S.C6H5F/c1-15(2,3)13-12(20-14(16)17-13)7-9-4-5-10-11(6-9)19-8-18-10;7-6-4-2-1-3-5-6/h4-6H,7-8H2,1-3H3,(H2,16,17);1-5H. The number of benzene rings is 2. The van der Waals surface area contributed by atoms with Crippen LogP contribution in [0.5, 0.6) is 11.5 Å². The zero-order chi connectivity index (χ0) is 19.4. The number of hydrogen-bond donors (Lipinski definition) is 1. The highest BCUT2D eigenvalue weighted by atomic mass is 32.1. The molecule has 0 spiro atoms. The average molecular weight is 386 g/mol. The van der Waals surface area contributed by atoms with E-state index in [1.54, 1.807) is 29.5 Å². The van der Waals surface area contributed by atoms with Crippen molar-refractivity contribution in [3.8, 4) is 11.5 Å². The first kappa shape index (κ1) is 19.2. The maximum absolute atomic E-state index is 11.9. The molecule has 0 fully saturated rings. The van der Waals surface area contributed by atoms with Gasteiger partial charge in [0.05, 0.1) is 5.69 Å². The zero-order valence-corrected chi connectivity index (χ0v) is 16.5. The SMILES string of the molecule is CC(C)(C)c1nc(N)sc1Cc1ccc2c(c1)OCO2.Fc1ccccc1. The van der Waals surface area contributed by atoms with Gasteiger partial charge in [0.15, 0.2) is 16.6 Å². The third-order valence-corrected chi connectivity index (χ3v) is 4.84. The van der Waals surface area contributed by atoms with Gasteiger partial charge < -0.3 is 15.2 Å². The first-order valence-corrected chi connectivity index (χ1v) is 9.49. The van der Waals surface area contributed by atoms with Gasteiger partial charge in [-0.25, -0.2) is 9.37 Å². The van der Waals surface area contributed by atoms with Gasteiger partial charge in [-0.15, -0.1) is 11.3 Å². The highest BCUT2D eigenvalue weighted by Crippen LogP contribution is 2.36. The predicted molar refractivity (Wildman–Crippen MR) is 107 cm³/mol. The van der Waals surface area contributed by atoms with Crippen LogP contribution in [0.1, 0.15) is 36.9 Å². The van der Waals surface area contributed by atoms with Crippen LogP contribution in [0.15, 0.2) is 48.5 Å². The Bertz CT molecular complexity index is 904. The largest absolute Gasteiger partial charge is 0.454 e. The Balaban J connectivity index is 0.000000253. The van der Waals surface area contributed by atoms with E-state index in [2.05, 4.69) is 31.8 Å². The molecule has 0 atom stereocenters. The molecule has 3 aromatic rings. The van der Waals surface area contributed by atoms with E-state index in [4.69, 9.17) is 15.2 Å². The summed E-state index contributed by atoms with van der Waals surface area (Å²) in [5, 5.41) is 0.630. The Labute approximate surface area is 162 Å². The van der Waals surface area contributed by atoms with Gasteiger partial charge in [0.25, 0.3) is 0 Å². The first-order valence-electron chi connectivity index (χ1n) is 8.67. The van der Waals surface area contributed by atoms with Crippen molar-refractivity contribution < 1.29 is 13.9 Å². The van der Waals surface area contributed by atoms with E-state index in [-0.39, 0.29) is 11.2 Å². The molecule has 4 nitrogen and oxygen atoms in total. The topological polar surface area (TPSA) is 57.4 Å². The molecule has 1 aliphatic heterocycles. The number of ether oxygens (including phenoxy) is 2. The van der Waals surface area contributed by atoms with Gasteiger partial charge in [-0.2, -0.15) is 0 Å². The molecule has 6 heteroatoms. The van der Waals surface area contributed by atoms with Crippen LogP contribution < -0.4 is 15.2 Å². The molecule has 0 saturated carbocycles. The van der Waals surface area contributed by atoms with Gasteiger partial charge >= 0.3 is 0 Å². The third kappa shape index (κ3) is 4.98. The lowest BCUT2D eigenvalue weighted by Crippen LogP contribution is -2.14. The van der Waals surface area contributed by atoms with E-state index < -0.39 is 0 Å². The lowest BCUT2D eigenvalue weighted by molar-refractivity contribution is 0.174. The number of aromatic nitrogens is 1. The van der Waals surface area contributed by atoms with Crippen LogP contribution >= 0.6 is 11.3 Å². The molecular formula is C21H23FN2O2S. The second-order valence-corrected chi connectivity index (χ2v) is 8.35. The summed E-state index contributed by atoms with van der Waals surface area (Å²) < 4.78 is 22.7. The molecule has 4 rings (SSSR count). The molecule has 1 aromatic heterocycles. The van der Waals surface area contributed by atoms with Crippen molar-refractivity contribution in [2.45, 2.75) is 32.6 Å². The molecular weight excluding hydrogens is 363 g/mol. The summed E-state index contributed by atoms with van der Waals surface area (Å²) in [5.74, 6) is 1.45. The number of thiazole rings is 1. The summed E-state index contributed by atoms with van der Waals surface area (Å²) >= 11 is 1.56. The van der Waals surface area contributed by atoms with E-state index in [1.165, 1.54) is 22.6 Å². The normalized spacial score (nSPS) is 12.4. The molecule has 142 valence electrons. The van der Waals surface area contributed by atoms with Gasteiger partial charge in [0, 0.05) is 16.7 Å².